The zero-order valence-electron chi connectivity index (χ0n) is 10.9. The standard InChI is InChI=1S/C16H18BrN/c1-3-18(16-10-4-13(2)5-11-16)12-14-6-8-15(17)9-7-14/h4-11H,3,12H2,1-2H3. The fourth-order valence-corrected chi connectivity index (χ4v) is 2.22. The van der Waals surface area contributed by atoms with Crippen molar-refractivity contribution < 1.29 is 0 Å². The Labute approximate surface area is 118 Å². The van der Waals surface area contributed by atoms with Gasteiger partial charge in [0.25, 0.3) is 0 Å². The van der Waals surface area contributed by atoms with Crippen LogP contribution in [-0.4, -0.2) is 6.54 Å². The van der Waals surface area contributed by atoms with E-state index in [0.29, 0.717) is 0 Å². The van der Waals surface area contributed by atoms with Crippen molar-refractivity contribution in [2.75, 3.05) is 11.4 Å². The summed E-state index contributed by atoms with van der Waals surface area (Å²) in [5.74, 6) is 0. The second-order valence-electron chi connectivity index (χ2n) is 4.48. The lowest BCUT2D eigenvalue weighted by Crippen LogP contribution is -2.21. The summed E-state index contributed by atoms with van der Waals surface area (Å²) in [4.78, 5) is 2.38. The summed E-state index contributed by atoms with van der Waals surface area (Å²) in [6.07, 6.45) is 0. The van der Waals surface area contributed by atoms with Crippen molar-refractivity contribution in [3.63, 3.8) is 0 Å². The van der Waals surface area contributed by atoms with Gasteiger partial charge in [-0.1, -0.05) is 45.8 Å². The fraction of sp³-hybridized carbons (Fsp3) is 0.250. The minimum Gasteiger partial charge on any atom is -0.367 e. The van der Waals surface area contributed by atoms with Crippen molar-refractivity contribution >= 4 is 21.6 Å². The molecule has 0 atom stereocenters. The van der Waals surface area contributed by atoms with Gasteiger partial charge in [-0.05, 0) is 43.7 Å². The van der Waals surface area contributed by atoms with Gasteiger partial charge >= 0.3 is 0 Å². The van der Waals surface area contributed by atoms with Crippen molar-refractivity contribution in [1.29, 1.82) is 0 Å². The molecule has 1 nitrogen and oxygen atoms in total. The normalized spacial score (nSPS) is 10.4. The van der Waals surface area contributed by atoms with Gasteiger partial charge in [0.2, 0.25) is 0 Å². The van der Waals surface area contributed by atoms with E-state index < -0.39 is 0 Å². The Balaban J connectivity index is 2.14. The van der Waals surface area contributed by atoms with E-state index in [1.165, 1.54) is 16.8 Å². The maximum atomic E-state index is 3.47. The largest absolute Gasteiger partial charge is 0.367 e. The molecule has 0 saturated carbocycles. The number of hydrogen-bond acceptors (Lipinski definition) is 1. The monoisotopic (exact) mass is 303 g/mol. The molecule has 2 heteroatoms. The van der Waals surface area contributed by atoms with Gasteiger partial charge in [-0.25, -0.2) is 0 Å². The van der Waals surface area contributed by atoms with Crippen LogP contribution < -0.4 is 4.90 Å². The van der Waals surface area contributed by atoms with E-state index in [4.69, 9.17) is 0 Å². The van der Waals surface area contributed by atoms with E-state index in [1.807, 2.05) is 0 Å². The van der Waals surface area contributed by atoms with Crippen LogP contribution in [0.2, 0.25) is 0 Å². The molecule has 0 fully saturated rings. The smallest absolute Gasteiger partial charge is 0.0429 e. The van der Waals surface area contributed by atoms with Gasteiger partial charge in [-0.2, -0.15) is 0 Å². The summed E-state index contributed by atoms with van der Waals surface area (Å²) in [6, 6.07) is 17.2. The van der Waals surface area contributed by atoms with Crippen molar-refractivity contribution in [3.8, 4) is 0 Å². The molecule has 0 N–H and O–H groups in total. The molecule has 0 unspecified atom stereocenters. The summed E-state index contributed by atoms with van der Waals surface area (Å²) >= 11 is 3.47. The highest BCUT2D eigenvalue weighted by Crippen LogP contribution is 2.19. The number of hydrogen-bond donors (Lipinski definition) is 0. The van der Waals surface area contributed by atoms with Crippen LogP contribution in [0, 0.1) is 6.92 Å². The van der Waals surface area contributed by atoms with Gasteiger partial charge in [-0.3, -0.25) is 0 Å². The first kappa shape index (κ1) is 13.2. The topological polar surface area (TPSA) is 3.24 Å². The van der Waals surface area contributed by atoms with E-state index in [1.54, 1.807) is 0 Å². The van der Waals surface area contributed by atoms with Crippen LogP contribution in [0.15, 0.2) is 53.0 Å². The van der Waals surface area contributed by atoms with Crippen LogP contribution in [0.25, 0.3) is 0 Å². The molecule has 0 spiro atoms. The molecular weight excluding hydrogens is 286 g/mol. The first-order valence-electron chi connectivity index (χ1n) is 6.25. The molecule has 0 aliphatic carbocycles. The molecule has 0 saturated heterocycles. The van der Waals surface area contributed by atoms with Gasteiger partial charge in [0.05, 0.1) is 0 Å². The van der Waals surface area contributed by atoms with E-state index in [2.05, 4.69) is 83.2 Å². The highest BCUT2D eigenvalue weighted by Gasteiger charge is 2.04. The molecule has 18 heavy (non-hydrogen) atoms. The lowest BCUT2D eigenvalue weighted by Gasteiger charge is -2.23. The van der Waals surface area contributed by atoms with E-state index in [-0.39, 0.29) is 0 Å². The van der Waals surface area contributed by atoms with E-state index >= 15 is 0 Å². The molecule has 2 rings (SSSR count). The number of benzene rings is 2. The number of rotatable bonds is 4. The molecule has 94 valence electrons. The lowest BCUT2D eigenvalue weighted by molar-refractivity contribution is 0.831. The number of aryl methyl sites for hydroxylation is 1. The van der Waals surface area contributed by atoms with Crippen LogP contribution in [0.3, 0.4) is 0 Å². The van der Waals surface area contributed by atoms with Crippen LogP contribution in [0.4, 0.5) is 5.69 Å². The zero-order valence-corrected chi connectivity index (χ0v) is 12.4. The maximum absolute atomic E-state index is 3.47. The molecule has 0 heterocycles. The summed E-state index contributed by atoms with van der Waals surface area (Å²) in [5.41, 5.74) is 3.92. The van der Waals surface area contributed by atoms with Gasteiger partial charge in [0.15, 0.2) is 0 Å². The zero-order chi connectivity index (χ0) is 13.0. The molecule has 0 amide bonds. The molecule has 0 aliphatic rings. The second-order valence-corrected chi connectivity index (χ2v) is 5.39. The second kappa shape index (κ2) is 6.05. The Bertz CT molecular complexity index is 488. The fourth-order valence-electron chi connectivity index (χ4n) is 1.95. The van der Waals surface area contributed by atoms with Gasteiger partial charge in [-0.15, -0.1) is 0 Å². The predicted molar refractivity (Wildman–Crippen MR) is 82.0 cm³/mol. The maximum Gasteiger partial charge on any atom is 0.0429 e. The SMILES string of the molecule is CCN(Cc1ccc(Br)cc1)c1ccc(C)cc1. The lowest BCUT2D eigenvalue weighted by atomic mass is 10.1. The van der Waals surface area contributed by atoms with Crippen molar-refractivity contribution in [2.45, 2.75) is 20.4 Å². The average Bonchev–Trinajstić information content (AvgIpc) is 2.39. The average molecular weight is 304 g/mol. The molecule has 2 aromatic rings. The van der Waals surface area contributed by atoms with E-state index in [9.17, 15) is 0 Å². The predicted octanol–water partition coefficient (Wildman–Crippen LogP) is 4.78. The Hall–Kier alpha value is -1.28. The molecule has 0 bridgehead atoms. The Morgan fingerprint density at radius 2 is 1.56 bits per heavy atom. The molecule has 0 radical (unpaired) electrons. The molecule has 2 aromatic carbocycles. The van der Waals surface area contributed by atoms with Crippen LogP contribution >= 0.6 is 15.9 Å². The van der Waals surface area contributed by atoms with Gasteiger partial charge in [0.1, 0.15) is 0 Å². The highest BCUT2D eigenvalue weighted by molar-refractivity contribution is 9.10. The Kier molecular flexibility index (Phi) is 4.43. The highest BCUT2D eigenvalue weighted by atomic mass is 79.9. The van der Waals surface area contributed by atoms with Crippen LogP contribution in [0.5, 0.6) is 0 Å². The van der Waals surface area contributed by atoms with Crippen molar-refractivity contribution in [2.24, 2.45) is 0 Å². The third kappa shape index (κ3) is 3.36. The Morgan fingerprint density at radius 3 is 2.11 bits per heavy atom. The number of anilines is 1. The molecular formula is C16H18BrN. The van der Waals surface area contributed by atoms with Gasteiger partial charge < -0.3 is 4.90 Å². The minimum atomic E-state index is 0.951. The first-order chi connectivity index (χ1) is 8.69. The van der Waals surface area contributed by atoms with E-state index in [0.717, 1.165) is 17.6 Å². The summed E-state index contributed by atoms with van der Waals surface area (Å²) in [7, 11) is 0. The first-order valence-corrected chi connectivity index (χ1v) is 7.04. The quantitative estimate of drug-likeness (QED) is 0.785. The summed E-state index contributed by atoms with van der Waals surface area (Å²) in [6.45, 7) is 6.28. The molecule has 0 aliphatic heterocycles. The van der Waals surface area contributed by atoms with Crippen molar-refractivity contribution in [1.82, 2.24) is 0 Å². The Morgan fingerprint density at radius 1 is 0.944 bits per heavy atom. The molecule has 0 aromatic heterocycles. The van der Waals surface area contributed by atoms with Crippen LogP contribution in [-0.2, 0) is 6.54 Å². The third-order valence-corrected chi connectivity index (χ3v) is 3.60. The van der Waals surface area contributed by atoms with Crippen molar-refractivity contribution in [3.05, 3.63) is 64.1 Å². The summed E-state index contributed by atoms with van der Waals surface area (Å²) in [5, 5.41) is 0. The van der Waals surface area contributed by atoms with Crippen LogP contribution in [0.1, 0.15) is 18.1 Å². The third-order valence-electron chi connectivity index (χ3n) is 3.07. The number of halogens is 1. The minimum absolute atomic E-state index is 0.951. The van der Waals surface area contributed by atoms with Gasteiger partial charge in [0, 0.05) is 23.2 Å². The summed E-state index contributed by atoms with van der Waals surface area (Å²) < 4.78 is 1.13. The number of nitrogens with zero attached hydrogens (tertiary/aromatic N) is 1.